The summed E-state index contributed by atoms with van der Waals surface area (Å²) in [6.07, 6.45) is 1.17. The van der Waals surface area contributed by atoms with Gasteiger partial charge in [-0.3, -0.25) is 4.90 Å². The van der Waals surface area contributed by atoms with Crippen LogP contribution in [0.3, 0.4) is 0 Å². The van der Waals surface area contributed by atoms with Crippen molar-refractivity contribution in [3.63, 3.8) is 0 Å². The number of morpholine rings is 1. The molecule has 0 N–H and O–H groups in total. The summed E-state index contributed by atoms with van der Waals surface area (Å²) in [5.41, 5.74) is 3.75. The SMILES string of the molecule is Cc1ccc([C@@H]2CN(C[C@@H](C#N)CCC#N)CCO2)c(C)c1. The third kappa shape index (κ3) is 4.31. The van der Waals surface area contributed by atoms with E-state index in [-0.39, 0.29) is 12.0 Å². The van der Waals surface area contributed by atoms with E-state index in [9.17, 15) is 5.26 Å². The fourth-order valence-electron chi connectivity index (χ4n) is 2.99. The molecule has 0 saturated carbocycles. The summed E-state index contributed by atoms with van der Waals surface area (Å²) in [6.45, 7) is 7.30. The topological polar surface area (TPSA) is 60.0 Å². The van der Waals surface area contributed by atoms with Gasteiger partial charge in [0.1, 0.15) is 0 Å². The van der Waals surface area contributed by atoms with Gasteiger partial charge >= 0.3 is 0 Å². The molecule has 1 aromatic carbocycles. The Hall–Kier alpha value is -1.88. The van der Waals surface area contributed by atoms with Gasteiger partial charge in [-0.1, -0.05) is 23.8 Å². The Labute approximate surface area is 132 Å². The first kappa shape index (κ1) is 16.5. The fourth-order valence-corrected chi connectivity index (χ4v) is 2.99. The van der Waals surface area contributed by atoms with Crippen molar-refractivity contribution in [2.75, 3.05) is 26.2 Å². The van der Waals surface area contributed by atoms with Crippen LogP contribution in [0.4, 0.5) is 0 Å². The van der Waals surface area contributed by atoms with Crippen molar-refractivity contribution in [2.45, 2.75) is 32.8 Å². The van der Waals surface area contributed by atoms with Crippen LogP contribution in [0, 0.1) is 42.4 Å². The van der Waals surface area contributed by atoms with Crippen molar-refractivity contribution >= 4 is 0 Å². The molecule has 0 aromatic heterocycles. The van der Waals surface area contributed by atoms with E-state index in [4.69, 9.17) is 10.00 Å². The number of aryl methyl sites for hydroxylation is 2. The Morgan fingerprint density at radius 1 is 1.36 bits per heavy atom. The van der Waals surface area contributed by atoms with E-state index in [2.05, 4.69) is 49.1 Å². The number of benzene rings is 1. The molecule has 1 aliphatic rings. The molecule has 0 unspecified atom stereocenters. The van der Waals surface area contributed by atoms with Crippen LogP contribution in [0.5, 0.6) is 0 Å². The summed E-state index contributed by atoms with van der Waals surface area (Å²) in [5, 5.41) is 17.9. The molecule has 0 aliphatic carbocycles. The van der Waals surface area contributed by atoms with Crippen LogP contribution in [0.15, 0.2) is 18.2 Å². The van der Waals surface area contributed by atoms with Gasteiger partial charge in [0.15, 0.2) is 0 Å². The van der Waals surface area contributed by atoms with Gasteiger partial charge in [0.05, 0.1) is 30.8 Å². The lowest BCUT2D eigenvalue weighted by atomic mass is 9.99. The van der Waals surface area contributed by atoms with Crippen molar-refractivity contribution in [1.82, 2.24) is 4.90 Å². The smallest absolute Gasteiger partial charge is 0.0954 e. The van der Waals surface area contributed by atoms with Gasteiger partial charge in [-0.25, -0.2) is 0 Å². The first-order valence-corrected chi connectivity index (χ1v) is 7.81. The van der Waals surface area contributed by atoms with Crippen molar-refractivity contribution in [2.24, 2.45) is 5.92 Å². The Kier molecular flexibility index (Phi) is 5.95. The Balaban J connectivity index is 1.99. The summed E-state index contributed by atoms with van der Waals surface area (Å²) in [7, 11) is 0. The number of rotatable bonds is 5. The molecule has 1 fully saturated rings. The van der Waals surface area contributed by atoms with Gasteiger partial charge < -0.3 is 4.74 Å². The summed E-state index contributed by atoms with van der Waals surface area (Å²) in [4.78, 5) is 2.29. The average molecular weight is 297 g/mol. The van der Waals surface area contributed by atoms with Gasteiger partial charge in [0, 0.05) is 26.1 Å². The molecule has 116 valence electrons. The van der Waals surface area contributed by atoms with Crippen LogP contribution in [0.1, 0.15) is 35.6 Å². The molecule has 4 nitrogen and oxygen atoms in total. The van der Waals surface area contributed by atoms with Crippen LogP contribution in [0.2, 0.25) is 0 Å². The van der Waals surface area contributed by atoms with E-state index in [1.807, 2.05) is 0 Å². The van der Waals surface area contributed by atoms with Crippen molar-refractivity contribution < 1.29 is 4.74 Å². The summed E-state index contributed by atoms with van der Waals surface area (Å²) in [6, 6.07) is 10.9. The highest BCUT2D eigenvalue weighted by molar-refractivity contribution is 5.32. The highest BCUT2D eigenvalue weighted by Crippen LogP contribution is 2.26. The van der Waals surface area contributed by atoms with E-state index >= 15 is 0 Å². The van der Waals surface area contributed by atoms with Gasteiger partial charge in [0.25, 0.3) is 0 Å². The molecular formula is C18H23N3O. The standard InChI is InChI=1S/C18H23N3O/c1-14-5-6-17(15(2)10-14)18-13-21(8-9-22-18)12-16(11-20)4-3-7-19/h5-6,10,16,18H,3-4,8-9,12-13H2,1-2H3/t16-,18+/m1/s1. The van der Waals surface area contributed by atoms with Gasteiger partial charge in [0.2, 0.25) is 0 Å². The lowest BCUT2D eigenvalue weighted by Gasteiger charge is -2.34. The van der Waals surface area contributed by atoms with Crippen molar-refractivity contribution in [1.29, 1.82) is 10.5 Å². The maximum atomic E-state index is 9.22. The molecule has 1 aromatic rings. The minimum absolute atomic E-state index is 0.0717. The first-order chi connectivity index (χ1) is 10.6. The second-order valence-corrected chi connectivity index (χ2v) is 6.00. The second-order valence-electron chi connectivity index (χ2n) is 6.00. The highest BCUT2D eigenvalue weighted by Gasteiger charge is 2.25. The number of hydrogen-bond donors (Lipinski definition) is 0. The Bertz CT molecular complexity index is 585. The monoisotopic (exact) mass is 297 g/mol. The zero-order valence-electron chi connectivity index (χ0n) is 13.4. The molecule has 4 heteroatoms. The fraction of sp³-hybridized carbons (Fsp3) is 0.556. The first-order valence-electron chi connectivity index (χ1n) is 7.81. The lowest BCUT2D eigenvalue weighted by Crippen LogP contribution is -2.41. The van der Waals surface area contributed by atoms with Crippen molar-refractivity contribution in [3.8, 4) is 12.1 Å². The van der Waals surface area contributed by atoms with E-state index in [0.29, 0.717) is 19.4 Å². The molecule has 1 aliphatic heterocycles. The highest BCUT2D eigenvalue weighted by atomic mass is 16.5. The molecule has 1 heterocycles. The van der Waals surface area contributed by atoms with Crippen LogP contribution in [0.25, 0.3) is 0 Å². The van der Waals surface area contributed by atoms with Gasteiger partial charge in [-0.2, -0.15) is 10.5 Å². The molecule has 0 bridgehead atoms. The maximum Gasteiger partial charge on any atom is 0.0954 e. The summed E-state index contributed by atoms with van der Waals surface area (Å²) in [5.74, 6) is -0.0717. The van der Waals surface area contributed by atoms with Gasteiger partial charge in [-0.05, 0) is 31.4 Å². The number of ether oxygens (including phenoxy) is 1. The van der Waals surface area contributed by atoms with Crippen LogP contribution in [-0.4, -0.2) is 31.1 Å². The molecular weight excluding hydrogens is 274 g/mol. The minimum Gasteiger partial charge on any atom is -0.371 e. The third-order valence-corrected chi connectivity index (χ3v) is 4.19. The molecule has 2 rings (SSSR count). The summed E-state index contributed by atoms with van der Waals surface area (Å²) < 4.78 is 5.93. The quantitative estimate of drug-likeness (QED) is 0.838. The van der Waals surface area contributed by atoms with E-state index in [1.54, 1.807) is 0 Å². The van der Waals surface area contributed by atoms with Crippen molar-refractivity contribution in [3.05, 3.63) is 34.9 Å². The minimum atomic E-state index is -0.0717. The predicted molar refractivity (Wildman–Crippen MR) is 85.0 cm³/mol. The Morgan fingerprint density at radius 2 is 2.18 bits per heavy atom. The maximum absolute atomic E-state index is 9.22. The van der Waals surface area contributed by atoms with Crippen LogP contribution >= 0.6 is 0 Å². The largest absolute Gasteiger partial charge is 0.371 e. The predicted octanol–water partition coefficient (Wildman–Crippen LogP) is 3.12. The van der Waals surface area contributed by atoms with E-state index < -0.39 is 0 Å². The third-order valence-electron chi connectivity index (χ3n) is 4.19. The van der Waals surface area contributed by atoms with Crippen LogP contribution in [-0.2, 0) is 4.74 Å². The van der Waals surface area contributed by atoms with E-state index in [1.165, 1.54) is 16.7 Å². The number of nitrogens with zero attached hydrogens (tertiary/aromatic N) is 3. The second kappa shape index (κ2) is 7.94. The summed E-state index contributed by atoms with van der Waals surface area (Å²) >= 11 is 0. The molecule has 0 radical (unpaired) electrons. The average Bonchev–Trinajstić information content (AvgIpc) is 2.51. The molecule has 0 spiro atoms. The van der Waals surface area contributed by atoms with Crippen LogP contribution < -0.4 is 0 Å². The zero-order valence-corrected chi connectivity index (χ0v) is 13.4. The van der Waals surface area contributed by atoms with E-state index in [0.717, 1.165) is 19.6 Å². The molecule has 1 saturated heterocycles. The normalized spacial score (nSPS) is 20.1. The Morgan fingerprint density at radius 3 is 2.86 bits per heavy atom. The van der Waals surface area contributed by atoms with Gasteiger partial charge in [-0.15, -0.1) is 0 Å². The lowest BCUT2D eigenvalue weighted by molar-refractivity contribution is -0.0330. The molecule has 0 amide bonds. The number of hydrogen-bond acceptors (Lipinski definition) is 4. The molecule has 2 atom stereocenters. The number of nitriles is 2. The zero-order chi connectivity index (χ0) is 15.9. The molecule has 22 heavy (non-hydrogen) atoms.